The fraction of sp³-hybridized carbons (Fsp3) is 0.0714. The monoisotopic (exact) mass is 515 g/mol. The average molecular weight is 516 g/mol. The molecule has 0 atom stereocenters. The predicted molar refractivity (Wildman–Crippen MR) is 146 cm³/mol. The second-order valence-corrected chi connectivity index (χ2v) is 8.93. The van der Waals surface area contributed by atoms with Crippen molar-refractivity contribution in [1.29, 1.82) is 0 Å². The van der Waals surface area contributed by atoms with Crippen LogP contribution in [-0.2, 0) is 6.61 Å². The van der Waals surface area contributed by atoms with Gasteiger partial charge in [-0.05, 0) is 78.2 Å². The van der Waals surface area contributed by atoms with Crippen LogP contribution in [0.15, 0.2) is 78.9 Å². The lowest BCUT2D eigenvalue weighted by molar-refractivity contribution is 0.262. The quantitative estimate of drug-likeness (QED) is 0.193. The number of aromatic nitrogens is 2. The van der Waals surface area contributed by atoms with Crippen molar-refractivity contribution in [2.24, 2.45) is 0 Å². The molecular formula is C28H23ClFN5O2. The average Bonchev–Trinajstić information content (AvgIpc) is 3.28. The maximum Gasteiger partial charge on any atom is 0.323 e. The second-order valence-electron chi connectivity index (χ2n) is 8.49. The molecular weight excluding hydrogens is 493 g/mol. The first-order chi connectivity index (χ1) is 17.9. The molecule has 0 aliphatic carbocycles. The Morgan fingerprint density at radius 2 is 1.70 bits per heavy atom. The molecule has 2 amide bonds. The summed E-state index contributed by atoms with van der Waals surface area (Å²) < 4.78 is 19.4. The normalized spacial score (nSPS) is 10.9. The van der Waals surface area contributed by atoms with Crippen molar-refractivity contribution in [1.82, 2.24) is 10.2 Å². The van der Waals surface area contributed by atoms with Gasteiger partial charge in [0, 0.05) is 22.0 Å². The molecule has 5 N–H and O–H groups in total. The highest BCUT2D eigenvalue weighted by atomic mass is 35.5. The number of carbonyl (C=O) groups is 1. The zero-order valence-corrected chi connectivity index (χ0v) is 20.6. The van der Waals surface area contributed by atoms with Crippen LogP contribution in [0, 0.1) is 12.7 Å². The fourth-order valence-corrected chi connectivity index (χ4v) is 4.14. The SMILES string of the molecule is Cc1cc(NC(=O)Nc2ccc(-c3ccc(COc4ccc(Cl)cc4)c4[nH]nc(N)c34)cc2)ccc1F. The van der Waals surface area contributed by atoms with E-state index in [9.17, 15) is 9.18 Å². The number of urea groups is 1. The van der Waals surface area contributed by atoms with Crippen molar-refractivity contribution < 1.29 is 13.9 Å². The molecule has 0 aliphatic heterocycles. The molecule has 0 saturated heterocycles. The van der Waals surface area contributed by atoms with Gasteiger partial charge < -0.3 is 21.1 Å². The Morgan fingerprint density at radius 3 is 2.43 bits per heavy atom. The molecule has 7 nitrogen and oxygen atoms in total. The number of aromatic amines is 1. The Labute approximate surface area is 217 Å². The number of rotatable bonds is 6. The van der Waals surface area contributed by atoms with Crippen LogP contribution >= 0.6 is 11.6 Å². The van der Waals surface area contributed by atoms with Crippen molar-refractivity contribution in [2.45, 2.75) is 13.5 Å². The van der Waals surface area contributed by atoms with E-state index < -0.39 is 6.03 Å². The molecule has 0 fully saturated rings. The van der Waals surface area contributed by atoms with Gasteiger partial charge in [0.15, 0.2) is 5.82 Å². The van der Waals surface area contributed by atoms with E-state index in [1.807, 2.05) is 36.4 Å². The molecule has 9 heteroatoms. The van der Waals surface area contributed by atoms with Crippen LogP contribution in [0.25, 0.3) is 22.0 Å². The lowest BCUT2D eigenvalue weighted by atomic mass is 9.98. The van der Waals surface area contributed by atoms with E-state index in [1.165, 1.54) is 12.1 Å². The number of nitrogens with zero attached hydrogens (tertiary/aromatic N) is 1. The Morgan fingerprint density at radius 1 is 1.00 bits per heavy atom. The zero-order chi connectivity index (χ0) is 25.9. The molecule has 0 radical (unpaired) electrons. The number of hydrogen-bond acceptors (Lipinski definition) is 4. The molecule has 0 aliphatic rings. The van der Waals surface area contributed by atoms with Crippen LogP contribution < -0.4 is 21.1 Å². The summed E-state index contributed by atoms with van der Waals surface area (Å²) in [5.74, 6) is 0.765. The number of halogens is 2. The molecule has 0 bridgehead atoms. The molecule has 37 heavy (non-hydrogen) atoms. The number of carbonyl (C=O) groups excluding carboxylic acids is 1. The van der Waals surface area contributed by atoms with Crippen molar-refractivity contribution in [3.63, 3.8) is 0 Å². The summed E-state index contributed by atoms with van der Waals surface area (Å²) >= 11 is 5.94. The van der Waals surface area contributed by atoms with Crippen LogP contribution in [0.2, 0.25) is 5.02 Å². The number of aryl methyl sites for hydroxylation is 1. The van der Waals surface area contributed by atoms with Crippen LogP contribution in [0.3, 0.4) is 0 Å². The fourth-order valence-electron chi connectivity index (χ4n) is 4.01. The summed E-state index contributed by atoms with van der Waals surface area (Å²) in [7, 11) is 0. The number of H-pyrrole nitrogens is 1. The van der Waals surface area contributed by atoms with Gasteiger partial charge in [0.25, 0.3) is 0 Å². The molecule has 5 rings (SSSR count). The van der Waals surface area contributed by atoms with Gasteiger partial charge >= 0.3 is 6.03 Å². The third-order valence-corrected chi connectivity index (χ3v) is 6.17. The molecule has 0 saturated carbocycles. The number of nitrogens with two attached hydrogens (primary N) is 1. The van der Waals surface area contributed by atoms with Crippen molar-refractivity contribution in [2.75, 3.05) is 16.4 Å². The highest BCUT2D eigenvalue weighted by Gasteiger charge is 2.14. The Hall–Kier alpha value is -4.56. The van der Waals surface area contributed by atoms with Crippen molar-refractivity contribution >= 4 is 45.7 Å². The van der Waals surface area contributed by atoms with Crippen LogP contribution in [-0.4, -0.2) is 16.2 Å². The largest absolute Gasteiger partial charge is 0.489 e. The lowest BCUT2D eigenvalue weighted by Gasteiger charge is -2.11. The summed E-state index contributed by atoms with van der Waals surface area (Å²) in [6.07, 6.45) is 0. The van der Waals surface area contributed by atoms with Crippen LogP contribution in [0.4, 0.5) is 26.4 Å². The number of ether oxygens (including phenoxy) is 1. The van der Waals surface area contributed by atoms with Crippen LogP contribution in [0.1, 0.15) is 11.1 Å². The van der Waals surface area contributed by atoms with E-state index in [1.54, 1.807) is 37.3 Å². The Kier molecular flexibility index (Phi) is 6.66. The van der Waals surface area contributed by atoms with Gasteiger partial charge in [0.1, 0.15) is 18.2 Å². The summed E-state index contributed by atoms with van der Waals surface area (Å²) in [6, 6.07) is 22.5. The van der Waals surface area contributed by atoms with Gasteiger partial charge in [0.2, 0.25) is 0 Å². The minimum Gasteiger partial charge on any atom is -0.489 e. The number of benzene rings is 4. The van der Waals surface area contributed by atoms with Crippen LogP contribution in [0.5, 0.6) is 5.75 Å². The zero-order valence-electron chi connectivity index (χ0n) is 19.8. The number of amides is 2. The maximum absolute atomic E-state index is 13.5. The van der Waals surface area contributed by atoms with Gasteiger partial charge in [-0.3, -0.25) is 5.10 Å². The first-order valence-electron chi connectivity index (χ1n) is 11.5. The summed E-state index contributed by atoms with van der Waals surface area (Å²) in [4.78, 5) is 12.4. The first-order valence-corrected chi connectivity index (χ1v) is 11.8. The van der Waals surface area contributed by atoms with Gasteiger partial charge in [0.05, 0.1) is 10.9 Å². The number of nitrogens with one attached hydrogen (secondary N) is 3. The van der Waals surface area contributed by atoms with E-state index in [4.69, 9.17) is 22.1 Å². The predicted octanol–water partition coefficient (Wildman–Crippen LogP) is 7.14. The molecule has 5 aromatic rings. The third kappa shape index (κ3) is 5.34. The summed E-state index contributed by atoms with van der Waals surface area (Å²) in [5.41, 5.74) is 11.3. The number of nitrogen functional groups attached to an aromatic ring is 1. The summed E-state index contributed by atoms with van der Waals surface area (Å²) in [6.45, 7) is 1.96. The van der Waals surface area contributed by atoms with Crippen molar-refractivity contribution in [3.8, 4) is 16.9 Å². The number of fused-ring (bicyclic) bond motifs is 1. The van der Waals surface area contributed by atoms with Gasteiger partial charge in [-0.25, -0.2) is 9.18 Å². The van der Waals surface area contributed by atoms with E-state index in [0.717, 1.165) is 27.6 Å². The first kappa shape index (κ1) is 24.1. The molecule has 186 valence electrons. The molecule has 0 spiro atoms. The Bertz CT molecular complexity index is 1580. The van der Waals surface area contributed by atoms with E-state index in [2.05, 4.69) is 20.8 Å². The second kappa shape index (κ2) is 10.2. The maximum atomic E-state index is 13.5. The number of anilines is 3. The lowest BCUT2D eigenvalue weighted by Crippen LogP contribution is -2.19. The number of hydrogen-bond donors (Lipinski definition) is 4. The molecule has 1 aromatic heterocycles. The Balaban J connectivity index is 1.32. The smallest absolute Gasteiger partial charge is 0.323 e. The van der Waals surface area contributed by atoms with E-state index >= 15 is 0 Å². The minimum absolute atomic E-state index is 0.323. The molecule has 1 heterocycles. The van der Waals surface area contributed by atoms with E-state index in [-0.39, 0.29) is 5.82 Å². The standard InChI is InChI=1S/C28H23ClFN5O2/c1-16-14-21(9-13-24(16)30)33-28(36)32-20-7-2-17(3-8-20)23-12-4-18(26-25(23)27(31)35-34-26)15-37-22-10-5-19(29)6-11-22/h2-14H,15H2,1H3,(H3,31,34,35)(H2,32,33,36). The minimum atomic E-state index is -0.426. The molecule has 4 aromatic carbocycles. The van der Waals surface area contributed by atoms with Crippen molar-refractivity contribution in [3.05, 3.63) is 101 Å². The molecule has 0 unspecified atom stereocenters. The highest BCUT2D eigenvalue weighted by Crippen LogP contribution is 2.34. The highest BCUT2D eigenvalue weighted by molar-refractivity contribution is 6.30. The summed E-state index contributed by atoms with van der Waals surface area (Å²) in [5, 5.41) is 14.1. The van der Waals surface area contributed by atoms with Gasteiger partial charge in [-0.15, -0.1) is 0 Å². The van der Waals surface area contributed by atoms with Gasteiger partial charge in [-0.1, -0.05) is 35.9 Å². The third-order valence-electron chi connectivity index (χ3n) is 5.91. The van der Waals surface area contributed by atoms with Gasteiger partial charge in [-0.2, -0.15) is 5.10 Å². The topological polar surface area (TPSA) is 105 Å². The van der Waals surface area contributed by atoms with E-state index in [0.29, 0.717) is 40.1 Å².